The van der Waals surface area contributed by atoms with Crippen molar-refractivity contribution in [2.75, 3.05) is 39.3 Å². The van der Waals surface area contributed by atoms with Crippen molar-refractivity contribution in [2.45, 2.75) is 44.0 Å². The summed E-state index contributed by atoms with van der Waals surface area (Å²) in [4.78, 5) is 13.1. The maximum Gasteiger partial charge on any atom is 0.405 e. The van der Waals surface area contributed by atoms with Crippen LogP contribution in [0, 0.1) is 0 Å². The van der Waals surface area contributed by atoms with E-state index >= 15 is 0 Å². The van der Waals surface area contributed by atoms with Gasteiger partial charge in [0.15, 0.2) is 0 Å². The first-order valence-electron chi connectivity index (χ1n) is 7.86. The number of rotatable bonds is 6. The second-order valence-electron chi connectivity index (χ2n) is 5.82. The molecule has 2 N–H and O–H groups in total. The smallest absolute Gasteiger partial charge is 0.378 e. The second kappa shape index (κ2) is 9.66. The second-order valence-corrected chi connectivity index (χ2v) is 5.82. The Hall–Kier alpha value is -0.570. The van der Waals surface area contributed by atoms with Crippen molar-refractivity contribution in [3.8, 4) is 0 Å². The molecule has 0 aromatic carbocycles. The number of alkyl halides is 3. The molecule has 0 radical (unpaired) electrons. The van der Waals surface area contributed by atoms with Crippen LogP contribution < -0.4 is 10.6 Å². The molecule has 23 heavy (non-hydrogen) atoms. The zero-order chi connectivity index (χ0) is 16.0. The minimum atomic E-state index is -4.33. The van der Waals surface area contributed by atoms with Gasteiger partial charge in [0.25, 0.3) is 0 Å². The van der Waals surface area contributed by atoms with E-state index < -0.39 is 12.2 Å². The molecular weight excluding hydrogens is 335 g/mol. The first-order chi connectivity index (χ1) is 10.5. The molecule has 0 aromatic rings. The zero-order valence-corrected chi connectivity index (χ0v) is 13.8. The van der Waals surface area contributed by atoms with Crippen molar-refractivity contribution in [3.63, 3.8) is 0 Å². The molecule has 0 aromatic heterocycles. The Morgan fingerprint density at radius 1 is 1.35 bits per heavy atom. The van der Waals surface area contributed by atoms with E-state index in [9.17, 15) is 18.0 Å². The van der Waals surface area contributed by atoms with E-state index in [1.165, 1.54) is 4.90 Å². The fraction of sp³-hybridized carbons (Fsp3) is 0.929. The molecule has 2 fully saturated rings. The highest BCUT2D eigenvalue weighted by Gasteiger charge is 2.43. The van der Waals surface area contributed by atoms with Gasteiger partial charge in [0.05, 0.1) is 6.10 Å². The molecule has 2 rings (SSSR count). The van der Waals surface area contributed by atoms with Crippen LogP contribution in [-0.2, 0) is 9.53 Å². The minimum Gasteiger partial charge on any atom is -0.378 e. The van der Waals surface area contributed by atoms with E-state index in [1.807, 2.05) is 0 Å². The summed E-state index contributed by atoms with van der Waals surface area (Å²) in [7, 11) is 0. The lowest BCUT2D eigenvalue weighted by Crippen LogP contribution is -2.57. The predicted molar refractivity (Wildman–Crippen MR) is 82.8 cm³/mol. The molecule has 5 nitrogen and oxygen atoms in total. The van der Waals surface area contributed by atoms with E-state index in [0.29, 0.717) is 39.2 Å². The van der Waals surface area contributed by atoms with Gasteiger partial charge < -0.3 is 15.4 Å². The quantitative estimate of drug-likeness (QED) is 0.751. The van der Waals surface area contributed by atoms with E-state index in [0.717, 1.165) is 12.8 Å². The fourth-order valence-corrected chi connectivity index (χ4v) is 2.91. The number of nitrogens with one attached hydrogen (secondary N) is 2. The molecule has 2 saturated heterocycles. The first-order valence-corrected chi connectivity index (χ1v) is 7.86. The van der Waals surface area contributed by atoms with Crippen LogP contribution in [0.5, 0.6) is 0 Å². The number of piperazine rings is 1. The Balaban J connectivity index is 0.00000264. The molecule has 2 unspecified atom stereocenters. The normalized spacial score (nSPS) is 24.0. The highest BCUT2D eigenvalue weighted by Crippen LogP contribution is 2.25. The SMILES string of the molecule is Cl.O=C(CCC1CCCO1)NCC(N1CCNCC1)C(F)(F)F. The Kier molecular flexibility index (Phi) is 8.60. The molecule has 0 spiro atoms. The molecular formula is C14H25ClF3N3O2. The van der Waals surface area contributed by atoms with Crippen LogP contribution in [-0.4, -0.2) is 68.5 Å². The third-order valence-corrected chi connectivity index (χ3v) is 4.18. The van der Waals surface area contributed by atoms with Crippen LogP contribution in [0.1, 0.15) is 25.7 Å². The lowest BCUT2D eigenvalue weighted by Gasteiger charge is -2.35. The van der Waals surface area contributed by atoms with Crippen molar-refractivity contribution < 1.29 is 22.7 Å². The van der Waals surface area contributed by atoms with Gasteiger partial charge in [-0.2, -0.15) is 13.2 Å². The number of carbonyl (C=O) groups is 1. The summed E-state index contributed by atoms with van der Waals surface area (Å²) < 4.78 is 44.9. The van der Waals surface area contributed by atoms with Crippen molar-refractivity contribution in [3.05, 3.63) is 0 Å². The Labute approximate surface area is 140 Å². The largest absolute Gasteiger partial charge is 0.405 e. The standard InChI is InChI=1S/C14H24F3N3O2.ClH/c15-14(16,17)12(20-7-5-18-6-8-20)10-19-13(21)4-3-11-2-1-9-22-11;/h11-12,18H,1-10H2,(H,19,21);1H. The highest BCUT2D eigenvalue weighted by molar-refractivity contribution is 5.85. The van der Waals surface area contributed by atoms with Crippen LogP contribution in [0.4, 0.5) is 13.2 Å². The van der Waals surface area contributed by atoms with Crippen LogP contribution in [0.2, 0.25) is 0 Å². The highest BCUT2D eigenvalue weighted by atomic mass is 35.5. The zero-order valence-electron chi connectivity index (χ0n) is 13.0. The van der Waals surface area contributed by atoms with Gasteiger partial charge in [0, 0.05) is 45.8 Å². The average Bonchev–Trinajstić information content (AvgIpc) is 2.98. The van der Waals surface area contributed by atoms with Crippen LogP contribution in [0.25, 0.3) is 0 Å². The molecule has 0 aliphatic carbocycles. The van der Waals surface area contributed by atoms with Crippen molar-refractivity contribution in [1.82, 2.24) is 15.5 Å². The summed E-state index contributed by atoms with van der Waals surface area (Å²) in [5.74, 6) is -0.333. The Bertz CT molecular complexity index is 360. The van der Waals surface area contributed by atoms with Gasteiger partial charge in [-0.25, -0.2) is 0 Å². The molecule has 136 valence electrons. The summed E-state index contributed by atoms with van der Waals surface area (Å²) in [5, 5.41) is 5.46. The average molecular weight is 360 g/mol. The number of hydrogen-bond acceptors (Lipinski definition) is 4. The van der Waals surface area contributed by atoms with Gasteiger partial charge in [0.1, 0.15) is 6.04 Å². The molecule has 2 heterocycles. The molecule has 0 bridgehead atoms. The monoisotopic (exact) mass is 359 g/mol. The third kappa shape index (κ3) is 6.82. The van der Waals surface area contributed by atoms with Gasteiger partial charge in [0.2, 0.25) is 5.91 Å². The van der Waals surface area contributed by atoms with Gasteiger partial charge >= 0.3 is 6.18 Å². The Morgan fingerprint density at radius 3 is 2.61 bits per heavy atom. The van der Waals surface area contributed by atoms with E-state index in [4.69, 9.17) is 4.74 Å². The number of hydrogen-bond donors (Lipinski definition) is 2. The molecule has 0 saturated carbocycles. The summed E-state index contributed by atoms with van der Waals surface area (Å²) in [6, 6.07) is -1.61. The predicted octanol–water partition coefficient (Wildman–Crippen LogP) is 1.32. The summed E-state index contributed by atoms with van der Waals surface area (Å²) in [5.41, 5.74) is 0. The number of amides is 1. The fourth-order valence-electron chi connectivity index (χ4n) is 2.91. The van der Waals surface area contributed by atoms with Crippen LogP contribution >= 0.6 is 12.4 Å². The minimum absolute atomic E-state index is 0. The number of nitrogens with zero attached hydrogens (tertiary/aromatic N) is 1. The lowest BCUT2D eigenvalue weighted by molar-refractivity contribution is -0.184. The molecule has 2 atom stereocenters. The van der Waals surface area contributed by atoms with Crippen molar-refractivity contribution >= 4 is 18.3 Å². The molecule has 9 heteroatoms. The van der Waals surface area contributed by atoms with E-state index in [-0.39, 0.29) is 37.4 Å². The summed E-state index contributed by atoms with van der Waals surface area (Å²) in [6.45, 7) is 2.10. The topological polar surface area (TPSA) is 53.6 Å². The lowest BCUT2D eigenvalue weighted by atomic mass is 10.1. The van der Waals surface area contributed by atoms with Gasteiger partial charge in [-0.15, -0.1) is 12.4 Å². The number of halogens is 4. The molecule has 2 aliphatic rings. The van der Waals surface area contributed by atoms with E-state index in [2.05, 4.69) is 10.6 Å². The first kappa shape index (κ1) is 20.5. The van der Waals surface area contributed by atoms with Crippen LogP contribution in [0.3, 0.4) is 0 Å². The van der Waals surface area contributed by atoms with Crippen molar-refractivity contribution in [2.24, 2.45) is 0 Å². The van der Waals surface area contributed by atoms with Gasteiger partial charge in [-0.3, -0.25) is 9.69 Å². The van der Waals surface area contributed by atoms with Gasteiger partial charge in [-0.1, -0.05) is 0 Å². The number of carbonyl (C=O) groups excluding carboxylic acids is 1. The van der Waals surface area contributed by atoms with E-state index in [1.54, 1.807) is 0 Å². The molecule has 2 aliphatic heterocycles. The number of ether oxygens (including phenoxy) is 1. The van der Waals surface area contributed by atoms with Crippen molar-refractivity contribution in [1.29, 1.82) is 0 Å². The van der Waals surface area contributed by atoms with Gasteiger partial charge in [-0.05, 0) is 19.3 Å². The van der Waals surface area contributed by atoms with Crippen LogP contribution in [0.15, 0.2) is 0 Å². The molecule has 1 amide bonds. The summed E-state index contributed by atoms with van der Waals surface area (Å²) in [6.07, 6.45) is -1.53. The Morgan fingerprint density at radius 2 is 2.04 bits per heavy atom. The summed E-state index contributed by atoms with van der Waals surface area (Å²) >= 11 is 0. The maximum atomic E-state index is 13.2. The third-order valence-electron chi connectivity index (χ3n) is 4.18. The maximum absolute atomic E-state index is 13.2.